The van der Waals surface area contributed by atoms with Gasteiger partial charge in [0.25, 0.3) is 0 Å². The van der Waals surface area contributed by atoms with E-state index >= 15 is 0 Å². The summed E-state index contributed by atoms with van der Waals surface area (Å²) in [6.07, 6.45) is 2.11. The fraction of sp³-hybridized carbons (Fsp3) is 0.462. The molecule has 0 aromatic heterocycles. The van der Waals surface area contributed by atoms with Gasteiger partial charge in [-0.05, 0) is 49.8 Å². The van der Waals surface area contributed by atoms with Gasteiger partial charge < -0.3 is 15.4 Å². The molecular formula is C13H18F2N2OS. The molecule has 0 saturated carbocycles. The van der Waals surface area contributed by atoms with Crippen molar-refractivity contribution in [2.75, 3.05) is 5.32 Å². The Labute approximate surface area is 117 Å². The van der Waals surface area contributed by atoms with Crippen LogP contribution in [0.4, 0.5) is 14.5 Å². The Bertz CT molecular complexity index is 398. The molecule has 3 nitrogen and oxygen atoms in total. The number of thiocarbonyl (C=S) groups is 1. The molecule has 1 aromatic carbocycles. The number of anilines is 1. The number of nitrogens with one attached hydrogen (secondary N) is 2. The second-order valence-electron chi connectivity index (χ2n) is 4.19. The van der Waals surface area contributed by atoms with Crippen LogP contribution in [0.15, 0.2) is 24.3 Å². The molecular weight excluding hydrogens is 270 g/mol. The quantitative estimate of drug-likeness (QED) is 0.781. The number of ether oxygens (including phenoxy) is 1. The Kier molecular flexibility index (Phi) is 6.49. The van der Waals surface area contributed by atoms with Gasteiger partial charge in [0.15, 0.2) is 5.11 Å². The van der Waals surface area contributed by atoms with Crippen molar-refractivity contribution in [2.45, 2.75) is 39.3 Å². The number of hydrogen-bond acceptors (Lipinski definition) is 2. The summed E-state index contributed by atoms with van der Waals surface area (Å²) in [6, 6.07) is 6.50. The van der Waals surface area contributed by atoms with Gasteiger partial charge in [-0.25, -0.2) is 0 Å². The van der Waals surface area contributed by atoms with Crippen LogP contribution in [-0.2, 0) is 0 Å². The molecule has 2 N–H and O–H groups in total. The van der Waals surface area contributed by atoms with E-state index in [0.29, 0.717) is 11.2 Å². The third kappa shape index (κ3) is 6.33. The molecule has 0 aliphatic carbocycles. The predicted molar refractivity (Wildman–Crippen MR) is 76.8 cm³/mol. The van der Waals surface area contributed by atoms with E-state index in [4.69, 9.17) is 12.2 Å². The first-order valence-corrected chi connectivity index (χ1v) is 6.54. The molecule has 1 rings (SSSR count). The molecule has 0 amide bonds. The zero-order chi connectivity index (χ0) is 14.3. The number of hydrogen-bond donors (Lipinski definition) is 2. The minimum Gasteiger partial charge on any atom is -0.435 e. The second kappa shape index (κ2) is 7.89. The van der Waals surface area contributed by atoms with Gasteiger partial charge in [-0.15, -0.1) is 0 Å². The fourth-order valence-corrected chi connectivity index (χ4v) is 1.93. The zero-order valence-corrected chi connectivity index (χ0v) is 11.8. The molecule has 0 unspecified atom stereocenters. The Balaban J connectivity index is 2.46. The Morgan fingerprint density at radius 1 is 1.32 bits per heavy atom. The van der Waals surface area contributed by atoms with Crippen LogP contribution in [0.3, 0.4) is 0 Å². The molecule has 106 valence electrons. The van der Waals surface area contributed by atoms with Gasteiger partial charge in [-0.2, -0.15) is 8.78 Å². The highest BCUT2D eigenvalue weighted by molar-refractivity contribution is 7.80. The van der Waals surface area contributed by atoms with Gasteiger partial charge in [-0.3, -0.25) is 0 Å². The lowest BCUT2D eigenvalue weighted by molar-refractivity contribution is -0.0498. The molecule has 0 radical (unpaired) electrons. The molecule has 0 aliphatic heterocycles. The first-order valence-electron chi connectivity index (χ1n) is 6.13. The van der Waals surface area contributed by atoms with E-state index in [1.165, 1.54) is 12.1 Å². The van der Waals surface area contributed by atoms with Crippen LogP contribution in [0.2, 0.25) is 0 Å². The predicted octanol–water partition coefficient (Wildman–Crippen LogP) is 3.76. The maximum Gasteiger partial charge on any atom is 0.387 e. The van der Waals surface area contributed by atoms with Gasteiger partial charge >= 0.3 is 6.61 Å². The highest BCUT2D eigenvalue weighted by Crippen LogP contribution is 2.17. The molecule has 0 spiro atoms. The first-order chi connectivity index (χ1) is 9.01. The monoisotopic (exact) mass is 288 g/mol. The van der Waals surface area contributed by atoms with E-state index in [0.717, 1.165) is 18.5 Å². The van der Waals surface area contributed by atoms with Crippen LogP contribution >= 0.6 is 12.2 Å². The van der Waals surface area contributed by atoms with E-state index in [1.807, 2.05) is 0 Å². The van der Waals surface area contributed by atoms with E-state index in [2.05, 4.69) is 29.2 Å². The largest absolute Gasteiger partial charge is 0.435 e. The summed E-state index contributed by atoms with van der Waals surface area (Å²) in [6.45, 7) is 1.35. The Morgan fingerprint density at radius 3 is 2.47 bits per heavy atom. The lowest BCUT2D eigenvalue weighted by atomic mass is 10.2. The summed E-state index contributed by atoms with van der Waals surface area (Å²) in [5.41, 5.74) is 0.725. The van der Waals surface area contributed by atoms with Crippen LogP contribution in [0, 0.1) is 0 Å². The van der Waals surface area contributed by atoms with Crippen molar-refractivity contribution in [1.29, 1.82) is 0 Å². The molecule has 1 aromatic rings. The Hall–Kier alpha value is -1.43. The van der Waals surface area contributed by atoms with Gasteiger partial charge in [0.1, 0.15) is 5.75 Å². The SMILES string of the molecule is CCC[C@@H](C)NC(=S)Nc1ccc(OC(F)F)cc1. The fourth-order valence-electron chi connectivity index (χ4n) is 1.62. The summed E-state index contributed by atoms with van der Waals surface area (Å²) < 4.78 is 28.2. The molecule has 0 saturated heterocycles. The molecule has 0 aliphatic rings. The summed E-state index contributed by atoms with van der Waals surface area (Å²) in [4.78, 5) is 0. The lowest BCUT2D eigenvalue weighted by Crippen LogP contribution is -2.35. The van der Waals surface area contributed by atoms with E-state index in [1.54, 1.807) is 12.1 Å². The maximum absolute atomic E-state index is 12.0. The second-order valence-corrected chi connectivity index (χ2v) is 4.60. The van der Waals surface area contributed by atoms with Crippen molar-refractivity contribution in [3.63, 3.8) is 0 Å². The summed E-state index contributed by atoms with van der Waals surface area (Å²) in [7, 11) is 0. The van der Waals surface area contributed by atoms with Crippen molar-refractivity contribution in [3.05, 3.63) is 24.3 Å². The average Bonchev–Trinajstić information content (AvgIpc) is 2.31. The lowest BCUT2D eigenvalue weighted by Gasteiger charge is -2.16. The highest BCUT2D eigenvalue weighted by atomic mass is 32.1. The summed E-state index contributed by atoms with van der Waals surface area (Å²) in [5, 5.41) is 6.65. The Morgan fingerprint density at radius 2 is 1.95 bits per heavy atom. The third-order valence-corrected chi connectivity index (χ3v) is 2.66. The highest BCUT2D eigenvalue weighted by Gasteiger charge is 2.05. The normalized spacial score (nSPS) is 12.1. The number of benzene rings is 1. The molecule has 19 heavy (non-hydrogen) atoms. The number of halogens is 2. The molecule has 0 bridgehead atoms. The molecule has 0 heterocycles. The van der Waals surface area contributed by atoms with Crippen LogP contribution in [-0.4, -0.2) is 17.8 Å². The third-order valence-electron chi connectivity index (χ3n) is 2.44. The minimum atomic E-state index is -2.81. The van der Waals surface area contributed by atoms with Crippen LogP contribution < -0.4 is 15.4 Å². The molecule has 0 fully saturated rings. The molecule has 6 heteroatoms. The topological polar surface area (TPSA) is 33.3 Å². The molecule has 1 atom stereocenters. The van der Waals surface area contributed by atoms with Gasteiger partial charge in [0, 0.05) is 11.7 Å². The zero-order valence-electron chi connectivity index (χ0n) is 11.0. The van der Waals surface area contributed by atoms with Crippen LogP contribution in [0.25, 0.3) is 0 Å². The van der Waals surface area contributed by atoms with Gasteiger partial charge in [0.2, 0.25) is 0 Å². The maximum atomic E-state index is 12.0. The van der Waals surface area contributed by atoms with Crippen molar-refractivity contribution in [1.82, 2.24) is 5.32 Å². The average molecular weight is 288 g/mol. The minimum absolute atomic E-state index is 0.124. The van der Waals surface area contributed by atoms with E-state index in [9.17, 15) is 8.78 Å². The van der Waals surface area contributed by atoms with E-state index < -0.39 is 6.61 Å². The summed E-state index contributed by atoms with van der Waals surface area (Å²) in [5.74, 6) is 0.124. The van der Waals surface area contributed by atoms with Crippen molar-refractivity contribution < 1.29 is 13.5 Å². The standard InChI is InChI=1S/C13H18F2N2OS/c1-3-4-9(2)16-13(19)17-10-5-7-11(8-6-10)18-12(14)15/h5-9,12H,3-4H2,1-2H3,(H2,16,17,19)/t9-/m1/s1. The van der Waals surface area contributed by atoms with Gasteiger partial charge in [0.05, 0.1) is 0 Å². The first kappa shape index (κ1) is 15.6. The van der Waals surface area contributed by atoms with Crippen LogP contribution in [0.1, 0.15) is 26.7 Å². The van der Waals surface area contributed by atoms with E-state index in [-0.39, 0.29) is 5.75 Å². The summed E-state index contributed by atoms with van der Waals surface area (Å²) >= 11 is 5.16. The van der Waals surface area contributed by atoms with Crippen molar-refractivity contribution in [3.8, 4) is 5.75 Å². The van der Waals surface area contributed by atoms with Crippen molar-refractivity contribution >= 4 is 23.0 Å². The number of rotatable bonds is 6. The number of alkyl halides is 2. The van der Waals surface area contributed by atoms with Crippen LogP contribution in [0.5, 0.6) is 5.75 Å². The van der Waals surface area contributed by atoms with Gasteiger partial charge in [-0.1, -0.05) is 13.3 Å². The van der Waals surface area contributed by atoms with Crippen molar-refractivity contribution in [2.24, 2.45) is 0 Å². The smallest absolute Gasteiger partial charge is 0.387 e.